The Morgan fingerprint density at radius 2 is 1.72 bits per heavy atom. The maximum atomic E-state index is 5.43. The summed E-state index contributed by atoms with van der Waals surface area (Å²) in [4.78, 5) is 0. The number of hydrogen-bond acceptors (Lipinski definition) is 2. The first-order valence-electron chi connectivity index (χ1n) is 8.69. The van der Waals surface area contributed by atoms with Crippen LogP contribution in [0.3, 0.4) is 0 Å². The molecule has 0 aliphatic carbocycles. The molecule has 0 saturated carbocycles. The van der Waals surface area contributed by atoms with Gasteiger partial charge in [0, 0.05) is 18.4 Å². The van der Waals surface area contributed by atoms with Crippen LogP contribution < -0.4 is 37.9 Å². The number of nitrogens with zero attached hydrogens (tertiary/aromatic N) is 1. The van der Waals surface area contributed by atoms with Gasteiger partial charge in [-0.3, -0.25) is 4.48 Å². The van der Waals surface area contributed by atoms with E-state index >= 15 is 0 Å². The molecule has 0 bridgehead atoms. The van der Waals surface area contributed by atoms with Crippen LogP contribution in [0.4, 0.5) is 5.69 Å². The third kappa shape index (κ3) is 4.11. The highest BCUT2D eigenvalue weighted by molar-refractivity contribution is 5.52. The van der Waals surface area contributed by atoms with E-state index < -0.39 is 0 Å². The maximum absolute atomic E-state index is 5.43. The van der Waals surface area contributed by atoms with Crippen LogP contribution >= 0.6 is 0 Å². The van der Waals surface area contributed by atoms with Gasteiger partial charge in [-0.05, 0) is 36.6 Å². The average Bonchev–Trinajstić information content (AvgIpc) is 2.61. The molecule has 0 radical (unpaired) electrons. The monoisotopic (exact) mass is 453 g/mol. The van der Waals surface area contributed by atoms with Crippen molar-refractivity contribution < 1.29 is 33.5 Å². The van der Waals surface area contributed by atoms with Crippen molar-refractivity contribution in [3.63, 3.8) is 0 Å². The normalized spacial score (nSPS) is 18.0. The minimum absolute atomic E-state index is 0. The lowest BCUT2D eigenvalue weighted by Crippen LogP contribution is -3.00. The molecule has 0 spiro atoms. The number of hydrogen-bond donors (Lipinski definition) is 0. The fourth-order valence-electron chi connectivity index (χ4n) is 3.96. The van der Waals surface area contributed by atoms with E-state index in [9.17, 15) is 0 Å². The van der Waals surface area contributed by atoms with Crippen LogP contribution in [-0.2, 0) is 12.8 Å². The van der Waals surface area contributed by atoms with Crippen molar-refractivity contribution in [3.8, 4) is 11.5 Å². The molecular weight excluding hydrogens is 425 g/mol. The van der Waals surface area contributed by atoms with Crippen LogP contribution in [0.15, 0.2) is 42.5 Å². The summed E-state index contributed by atoms with van der Waals surface area (Å²) in [5, 5.41) is 0. The average molecular weight is 453 g/mol. The van der Waals surface area contributed by atoms with Gasteiger partial charge in [-0.25, -0.2) is 0 Å². The zero-order valence-corrected chi connectivity index (χ0v) is 17.7. The van der Waals surface area contributed by atoms with Gasteiger partial charge in [0.25, 0.3) is 0 Å². The molecule has 4 heteroatoms. The van der Waals surface area contributed by atoms with E-state index in [0.717, 1.165) is 22.4 Å². The molecule has 1 heterocycles. The van der Waals surface area contributed by atoms with Crippen molar-refractivity contribution in [1.29, 1.82) is 0 Å². The molecule has 0 saturated heterocycles. The Morgan fingerprint density at radius 3 is 2.44 bits per heavy atom. The van der Waals surface area contributed by atoms with Gasteiger partial charge in [0.1, 0.15) is 5.69 Å². The molecule has 0 N–H and O–H groups in total. The van der Waals surface area contributed by atoms with E-state index in [1.54, 1.807) is 14.2 Å². The highest BCUT2D eigenvalue weighted by Gasteiger charge is 2.35. The zero-order chi connectivity index (χ0) is 17.2. The van der Waals surface area contributed by atoms with Gasteiger partial charge in [0.15, 0.2) is 11.5 Å². The van der Waals surface area contributed by atoms with E-state index in [4.69, 9.17) is 9.47 Å². The molecule has 0 aromatic heterocycles. The molecule has 2 aromatic rings. The van der Waals surface area contributed by atoms with Gasteiger partial charge in [-0.1, -0.05) is 24.3 Å². The number of fused-ring (bicyclic) bond motifs is 1. The van der Waals surface area contributed by atoms with E-state index in [1.165, 1.54) is 36.1 Å². The second-order valence-electron chi connectivity index (χ2n) is 7.09. The lowest BCUT2D eigenvalue weighted by molar-refractivity contribution is -0.00000557. The SMILES string of the molecule is COc1ccc(CCC2CCc3ccccc3[N+]2(C)C)cc1OC.[I-]. The van der Waals surface area contributed by atoms with Gasteiger partial charge in [0.2, 0.25) is 0 Å². The van der Waals surface area contributed by atoms with Crippen molar-refractivity contribution in [3.05, 3.63) is 53.6 Å². The largest absolute Gasteiger partial charge is 1.00 e. The third-order valence-electron chi connectivity index (χ3n) is 5.49. The molecule has 1 unspecified atom stereocenters. The standard InChI is InChI=1S/C21H28NO2.HI/c1-22(2)18(13-11-17-7-5-6-8-19(17)22)12-9-16-10-14-20(23-3)21(15-16)24-4;/h5-8,10,14-15,18H,9,11-13H2,1-4H3;1H/q+1;/p-1. The quantitative estimate of drug-likeness (QED) is 0.501. The molecule has 3 nitrogen and oxygen atoms in total. The van der Waals surface area contributed by atoms with Gasteiger partial charge in [-0.15, -0.1) is 0 Å². The predicted molar refractivity (Wildman–Crippen MR) is 100 cm³/mol. The second kappa shape index (κ2) is 8.41. The van der Waals surface area contributed by atoms with Gasteiger partial charge in [0.05, 0.1) is 34.4 Å². The number of benzene rings is 2. The lowest BCUT2D eigenvalue weighted by Gasteiger charge is -2.42. The molecule has 1 aliphatic rings. The number of rotatable bonds is 5. The topological polar surface area (TPSA) is 18.5 Å². The van der Waals surface area contributed by atoms with E-state index in [-0.39, 0.29) is 24.0 Å². The molecule has 0 amide bonds. The number of quaternary nitrogens is 1. The van der Waals surface area contributed by atoms with E-state index in [2.05, 4.69) is 50.5 Å². The molecular formula is C21H28INO2. The Kier molecular flexibility index (Phi) is 6.74. The van der Waals surface area contributed by atoms with E-state index in [0.29, 0.717) is 6.04 Å². The van der Waals surface area contributed by atoms with Crippen molar-refractivity contribution in [2.45, 2.75) is 31.7 Å². The van der Waals surface area contributed by atoms with Crippen LogP contribution in [0.1, 0.15) is 24.0 Å². The van der Waals surface area contributed by atoms with Crippen molar-refractivity contribution >= 4 is 5.69 Å². The Morgan fingerprint density at radius 1 is 1.00 bits per heavy atom. The minimum Gasteiger partial charge on any atom is -1.00 e. The lowest BCUT2D eigenvalue weighted by atomic mass is 9.90. The fraction of sp³-hybridized carbons (Fsp3) is 0.429. The summed E-state index contributed by atoms with van der Waals surface area (Å²) >= 11 is 0. The van der Waals surface area contributed by atoms with E-state index in [1.807, 2.05) is 6.07 Å². The van der Waals surface area contributed by atoms with Gasteiger partial charge in [-0.2, -0.15) is 0 Å². The Bertz CT molecular complexity index is 715. The summed E-state index contributed by atoms with van der Waals surface area (Å²) < 4.78 is 11.7. The second-order valence-corrected chi connectivity index (χ2v) is 7.09. The summed E-state index contributed by atoms with van der Waals surface area (Å²) in [6, 6.07) is 15.8. The molecule has 0 fully saturated rings. The first-order chi connectivity index (χ1) is 11.6. The first-order valence-corrected chi connectivity index (χ1v) is 8.69. The highest BCUT2D eigenvalue weighted by Crippen LogP contribution is 2.36. The molecule has 3 rings (SSSR count). The van der Waals surface area contributed by atoms with Gasteiger partial charge >= 0.3 is 0 Å². The van der Waals surface area contributed by atoms with Gasteiger partial charge < -0.3 is 33.5 Å². The van der Waals surface area contributed by atoms with Crippen LogP contribution in [0.5, 0.6) is 11.5 Å². The third-order valence-corrected chi connectivity index (χ3v) is 5.49. The number of halogens is 1. The zero-order valence-electron chi connectivity index (χ0n) is 15.6. The highest BCUT2D eigenvalue weighted by atomic mass is 127. The first kappa shape index (κ1) is 20.0. The molecule has 1 atom stereocenters. The van der Waals surface area contributed by atoms with Crippen LogP contribution in [-0.4, -0.2) is 34.4 Å². The summed E-state index contributed by atoms with van der Waals surface area (Å²) in [5.74, 6) is 1.61. The van der Waals surface area contributed by atoms with Crippen LogP contribution in [0, 0.1) is 0 Å². The summed E-state index contributed by atoms with van der Waals surface area (Å²) in [6.45, 7) is 0. The predicted octanol–water partition coefficient (Wildman–Crippen LogP) is 1.22. The van der Waals surface area contributed by atoms with Crippen molar-refractivity contribution in [2.75, 3.05) is 28.3 Å². The minimum atomic E-state index is 0. The Balaban J connectivity index is 0.00000225. The molecule has 136 valence electrons. The number of aryl methyl sites for hydroxylation is 2. The molecule has 2 aromatic carbocycles. The maximum Gasteiger partial charge on any atom is 0.160 e. The molecule has 25 heavy (non-hydrogen) atoms. The van der Waals surface area contributed by atoms with Crippen molar-refractivity contribution in [1.82, 2.24) is 4.48 Å². The van der Waals surface area contributed by atoms with Crippen molar-refractivity contribution in [2.24, 2.45) is 0 Å². The number of methoxy groups -OCH3 is 2. The smallest absolute Gasteiger partial charge is 0.160 e. The Hall–Kier alpha value is -1.27. The van der Waals surface area contributed by atoms with Crippen LogP contribution in [0.25, 0.3) is 0 Å². The number of ether oxygens (including phenoxy) is 2. The summed E-state index contributed by atoms with van der Waals surface area (Å²) in [7, 11) is 8.06. The van der Waals surface area contributed by atoms with Crippen LogP contribution in [0.2, 0.25) is 0 Å². The summed E-state index contributed by atoms with van der Waals surface area (Å²) in [5.41, 5.74) is 4.29. The fourth-order valence-corrected chi connectivity index (χ4v) is 3.96. The Labute approximate surface area is 168 Å². The summed E-state index contributed by atoms with van der Waals surface area (Å²) in [6.07, 6.45) is 4.68. The molecule has 1 aliphatic heterocycles. The number of para-hydroxylation sites is 1.